The van der Waals surface area contributed by atoms with Crippen molar-refractivity contribution in [2.75, 3.05) is 11.9 Å². The van der Waals surface area contributed by atoms with Gasteiger partial charge in [0.05, 0.1) is 10.7 Å². The maximum Gasteiger partial charge on any atom is 0.253 e. The van der Waals surface area contributed by atoms with E-state index >= 15 is 0 Å². The van der Waals surface area contributed by atoms with Crippen molar-refractivity contribution in [1.82, 2.24) is 4.31 Å². The number of halogens is 1. The molecule has 5 nitrogen and oxygen atoms in total. The number of amides is 1. The first kappa shape index (κ1) is 18.4. The smallest absolute Gasteiger partial charge is 0.253 e. The molecule has 1 atom stereocenters. The monoisotopic (exact) mass is 398 g/mol. The van der Waals surface area contributed by atoms with Crippen LogP contribution in [0.2, 0.25) is 5.02 Å². The lowest BCUT2D eigenvalue weighted by atomic mass is 10.2. The van der Waals surface area contributed by atoms with Crippen LogP contribution in [-0.4, -0.2) is 31.2 Å². The molecular weight excluding hydrogens is 380 g/mol. The van der Waals surface area contributed by atoms with Crippen LogP contribution in [0.4, 0.5) is 5.69 Å². The van der Waals surface area contributed by atoms with Crippen molar-refractivity contribution in [2.45, 2.75) is 36.9 Å². The number of nitrogens with zero attached hydrogens (tertiary/aromatic N) is 1. The Balaban J connectivity index is 1.82. The number of rotatable bonds is 4. The minimum atomic E-state index is -3.66. The average Bonchev–Trinajstić information content (AvgIpc) is 3.19. The molecule has 0 spiro atoms. The Hall–Kier alpha value is -1.41. The van der Waals surface area contributed by atoms with Crippen molar-refractivity contribution in [1.29, 1.82) is 0 Å². The number of benzene rings is 1. The highest BCUT2D eigenvalue weighted by molar-refractivity contribution is 7.91. The number of sulfonamides is 1. The molecule has 134 valence electrons. The maximum atomic E-state index is 12.9. The van der Waals surface area contributed by atoms with Crippen LogP contribution in [0.25, 0.3) is 0 Å². The first-order chi connectivity index (χ1) is 11.8. The Morgan fingerprint density at radius 2 is 2.04 bits per heavy atom. The molecule has 1 aromatic carbocycles. The normalized spacial score (nSPS) is 18.4. The van der Waals surface area contributed by atoms with E-state index in [0.717, 1.165) is 10.4 Å². The Bertz CT molecular complexity index is 908. The predicted octanol–water partition coefficient (Wildman–Crippen LogP) is 3.81. The first-order valence-electron chi connectivity index (χ1n) is 7.94. The first-order valence-corrected chi connectivity index (χ1v) is 10.6. The number of hydrogen-bond acceptors (Lipinski definition) is 4. The van der Waals surface area contributed by atoms with E-state index < -0.39 is 16.1 Å². The van der Waals surface area contributed by atoms with Crippen molar-refractivity contribution < 1.29 is 13.2 Å². The summed E-state index contributed by atoms with van der Waals surface area (Å²) in [4.78, 5) is 13.6. The van der Waals surface area contributed by atoms with Gasteiger partial charge in [-0.15, -0.1) is 11.3 Å². The van der Waals surface area contributed by atoms with Crippen LogP contribution in [-0.2, 0) is 14.8 Å². The predicted molar refractivity (Wildman–Crippen MR) is 101 cm³/mol. The molecule has 0 radical (unpaired) electrons. The fourth-order valence-electron chi connectivity index (χ4n) is 2.89. The molecule has 0 aliphatic carbocycles. The van der Waals surface area contributed by atoms with Gasteiger partial charge in [0.25, 0.3) is 10.0 Å². The van der Waals surface area contributed by atoms with E-state index in [2.05, 4.69) is 5.32 Å². The lowest BCUT2D eigenvalue weighted by Crippen LogP contribution is -2.42. The molecule has 1 N–H and O–H groups in total. The van der Waals surface area contributed by atoms with E-state index in [1.807, 2.05) is 19.9 Å². The minimum absolute atomic E-state index is 0.276. The Morgan fingerprint density at radius 3 is 2.68 bits per heavy atom. The summed E-state index contributed by atoms with van der Waals surface area (Å²) in [5.41, 5.74) is 1.48. The second kappa shape index (κ2) is 7.07. The molecule has 8 heteroatoms. The summed E-state index contributed by atoms with van der Waals surface area (Å²) in [5.74, 6) is -0.347. The third-order valence-electron chi connectivity index (χ3n) is 4.17. The highest BCUT2D eigenvalue weighted by atomic mass is 35.5. The third-order valence-corrected chi connectivity index (χ3v) is 7.86. The summed E-state index contributed by atoms with van der Waals surface area (Å²) >= 11 is 7.38. The number of thiophene rings is 1. The molecule has 25 heavy (non-hydrogen) atoms. The van der Waals surface area contributed by atoms with Crippen LogP contribution in [0.3, 0.4) is 0 Å². The summed E-state index contributed by atoms with van der Waals surface area (Å²) in [6, 6.07) is 7.98. The molecule has 1 aromatic heterocycles. The van der Waals surface area contributed by atoms with Gasteiger partial charge in [-0.2, -0.15) is 4.31 Å². The van der Waals surface area contributed by atoms with Crippen molar-refractivity contribution in [3.63, 3.8) is 0 Å². The topological polar surface area (TPSA) is 66.5 Å². The van der Waals surface area contributed by atoms with Crippen LogP contribution in [0.1, 0.15) is 23.3 Å². The van der Waals surface area contributed by atoms with E-state index in [-0.39, 0.29) is 10.1 Å². The van der Waals surface area contributed by atoms with Gasteiger partial charge in [-0.25, -0.2) is 8.42 Å². The van der Waals surface area contributed by atoms with Gasteiger partial charge < -0.3 is 5.32 Å². The zero-order chi connectivity index (χ0) is 18.2. The minimum Gasteiger partial charge on any atom is -0.323 e. The Kier molecular flexibility index (Phi) is 5.20. The zero-order valence-corrected chi connectivity index (χ0v) is 16.3. The van der Waals surface area contributed by atoms with Gasteiger partial charge in [0.15, 0.2) is 0 Å². The lowest BCUT2D eigenvalue weighted by Gasteiger charge is -2.23. The van der Waals surface area contributed by atoms with Gasteiger partial charge in [-0.1, -0.05) is 17.7 Å². The van der Waals surface area contributed by atoms with Crippen LogP contribution in [0.5, 0.6) is 0 Å². The summed E-state index contributed by atoms with van der Waals surface area (Å²) < 4.78 is 27.3. The standard InChI is InChI=1S/C17H19ClN2O3S2/c1-11-5-7-14(13(18)10-11)19-17(21)15-4-3-9-20(15)25(22,23)16-8-6-12(2)24-16/h5-8,10,15H,3-4,9H2,1-2H3,(H,19,21). The molecule has 0 bridgehead atoms. The largest absolute Gasteiger partial charge is 0.323 e. The second-order valence-electron chi connectivity index (χ2n) is 6.11. The number of carbonyl (C=O) groups excluding carboxylic acids is 1. The zero-order valence-electron chi connectivity index (χ0n) is 14.0. The Morgan fingerprint density at radius 1 is 1.28 bits per heavy atom. The number of hydrogen-bond donors (Lipinski definition) is 1. The second-order valence-corrected chi connectivity index (χ2v) is 9.92. The molecule has 1 fully saturated rings. The maximum absolute atomic E-state index is 12.9. The van der Waals surface area contributed by atoms with Crippen molar-refractivity contribution >= 4 is 44.6 Å². The van der Waals surface area contributed by atoms with E-state index in [1.165, 1.54) is 15.6 Å². The van der Waals surface area contributed by atoms with Gasteiger partial charge in [0, 0.05) is 11.4 Å². The quantitative estimate of drug-likeness (QED) is 0.851. The van der Waals surface area contributed by atoms with E-state index in [9.17, 15) is 13.2 Å². The molecule has 1 unspecified atom stereocenters. The highest BCUT2D eigenvalue weighted by Crippen LogP contribution is 2.31. The molecule has 3 rings (SSSR count). The van der Waals surface area contributed by atoms with Crippen molar-refractivity contribution in [3.05, 3.63) is 45.8 Å². The highest BCUT2D eigenvalue weighted by Gasteiger charge is 2.40. The van der Waals surface area contributed by atoms with Gasteiger partial charge in [0.2, 0.25) is 5.91 Å². The summed E-state index contributed by atoms with van der Waals surface area (Å²) in [6.45, 7) is 4.11. The Labute approximate surface area is 156 Å². The lowest BCUT2D eigenvalue weighted by molar-refractivity contribution is -0.119. The molecule has 1 amide bonds. The van der Waals surface area contributed by atoms with Crippen LogP contribution < -0.4 is 5.32 Å². The van der Waals surface area contributed by atoms with Crippen LogP contribution >= 0.6 is 22.9 Å². The molecule has 1 aliphatic heterocycles. The molecule has 2 aromatic rings. The van der Waals surface area contributed by atoms with E-state index in [4.69, 9.17) is 11.6 Å². The van der Waals surface area contributed by atoms with Gasteiger partial charge in [-0.3, -0.25) is 4.79 Å². The molecule has 0 saturated carbocycles. The molecule has 1 saturated heterocycles. The SMILES string of the molecule is Cc1ccc(NC(=O)C2CCCN2S(=O)(=O)c2ccc(C)s2)c(Cl)c1. The molecular formula is C17H19ClN2O3S2. The van der Waals surface area contributed by atoms with Gasteiger partial charge in [0.1, 0.15) is 10.3 Å². The van der Waals surface area contributed by atoms with Crippen LogP contribution in [0.15, 0.2) is 34.5 Å². The summed E-state index contributed by atoms with van der Waals surface area (Å²) in [7, 11) is -3.66. The number of carbonyl (C=O) groups is 1. The van der Waals surface area contributed by atoms with Gasteiger partial charge >= 0.3 is 0 Å². The fourth-order valence-corrected chi connectivity index (χ4v) is 6.25. The van der Waals surface area contributed by atoms with Gasteiger partial charge in [-0.05, 0) is 56.5 Å². The van der Waals surface area contributed by atoms with E-state index in [0.29, 0.717) is 30.1 Å². The number of anilines is 1. The summed E-state index contributed by atoms with van der Waals surface area (Å²) in [6.07, 6.45) is 1.15. The third kappa shape index (κ3) is 3.74. The number of aryl methyl sites for hydroxylation is 2. The van der Waals surface area contributed by atoms with Crippen LogP contribution in [0, 0.1) is 13.8 Å². The molecule has 2 heterocycles. The van der Waals surface area contributed by atoms with Crippen molar-refractivity contribution in [3.8, 4) is 0 Å². The van der Waals surface area contributed by atoms with E-state index in [1.54, 1.807) is 24.3 Å². The van der Waals surface area contributed by atoms with Crippen molar-refractivity contribution in [2.24, 2.45) is 0 Å². The fraction of sp³-hybridized carbons (Fsp3) is 0.353. The number of nitrogens with one attached hydrogen (secondary N) is 1. The molecule has 1 aliphatic rings. The summed E-state index contributed by atoms with van der Waals surface area (Å²) in [5, 5.41) is 3.20. The average molecular weight is 399 g/mol.